The first-order chi connectivity index (χ1) is 6.88. The van der Waals surface area contributed by atoms with E-state index in [-0.39, 0.29) is 6.10 Å². The van der Waals surface area contributed by atoms with E-state index >= 15 is 0 Å². The van der Waals surface area contributed by atoms with Crippen LogP contribution in [0.2, 0.25) is 0 Å². The number of aromatic nitrogens is 1. The smallest absolute Gasteiger partial charge is 0.213 e. The molecule has 1 aromatic heterocycles. The Labute approximate surface area is 83.2 Å². The van der Waals surface area contributed by atoms with Gasteiger partial charge in [0.2, 0.25) is 5.88 Å². The summed E-state index contributed by atoms with van der Waals surface area (Å²) >= 11 is 0. The summed E-state index contributed by atoms with van der Waals surface area (Å²) in [5.74, 6) is 1.42. The number of rotatable bonds is 3. The van der Waals surface area contributed by atoms with Gasteiger partial charge in [-0.15, -0.1) is 0 Å². The van der Waals surface area contributed by atoms with Gasteiger partial charge in [0, 0.05) is 12.6 Å². The van der Waals surface area contributed by atoms with Crippen molar-refractivity contribution in [2.24, 2.45) is 0 Å². The maximum atomic E-state index is 5.69. The Morgan fingerprint density at radius 2 is 2.43 bits per heavy atom. The van der Waals surface area contributed by atoms with Crippen LogP contribution in [-0.2, 0) is 0 Å². The monoisotopic (exact) mass is 194 g/mol. The van der Waals surface area contributed by atoms with E-state index in [9.17, 15) is 0 Å². The zero-order valence-corrected chi connectivity index (χ0v) is 8.19. The molecule has 1 atom stereocenters. The van der Waals surface area contributed by atoms with Crippen LogP contribution in [0.3, 0.4) is 0 Å². The first-order valence-corrected chi connectivity index (χ1v) is 4.76. The van der Waals surface area contributed by atoms with Crippen LogP contribution in [0.1, 0.15) is 6.42 Å². The maximum Gasteiger partial charge on any atom is 0.213 e. The molecule has 1 aliphatic heterocycles. The van der Waals surface area contributed by atoms with Gasteiger partial charge in [-0.3, -0.25) is 0 Å². The Balaban J connectivity index is 1.95. The Morgan fingerprint density at radius 1 is 1.50 bits per heavy atom. The molecule has 1 aliphatic rings. The van der Waals surface area contributed by atoms with Gasteiger partial charge >= 0.3 is 0 Å². The van der Waals surface area contributed by atoms with E-state index in [1.54, 1.807) is 19.4 Å². The molecule has 1 aromatic rings. The lowest BCUT2D eigenvalue weighted by atomic mass is 10.3. The molecule has 4 nitrogen and oxygen atoms in total. The molecule has 0 radical (unpaired) electrons. The summed E-state index contributed by atoms with van der Waals surface area (Å²) in [5.41, 5.74) is 0. The summed E-state index contributed by atoms with van der Waals surface area (Å²) < 4.78 is 10.7. The fraction of sp³-hybridized carbons (Fsp3) is 0.500. The van der Waals surface area contributed by atoms with Crippen LogP contribution in [0.25, 0.3) is 0 Å². The molecule has 1 fully saturated rings. The summed E-state index contributed by atoms with van der Waals surface area (Å²) in [7, 11) is 1.60. The highest BCUT2D eigenvalue weighted by Gasteiger charge is 2.15. The van der Waals surface area contributed by atoms with Crippen molar-refractivity contribution in [2.45, 2.75) is 12.5 Å². The van der Waals surface area contributed by atoms with Gasteiger partial charge in [-0.2, -0.15) is 0 Å². The lowest BCUT2D eigenvalue weighted by Gasteiger charge is -2.11. The average Bonchev–Trinajstić information content (AvgIpc) is 2.72. The number of methoxy groups -OCH3 is 1. The fourth-order valence-electron chi connectivity index (χ4n) is 1.48. The van der Waals surface area contributed by atoms with E-state index in [2.05, 4.69) is 10.3 Å². The Hall–Kier alpha value is -1.29. The molecule has 1 saturated heterocycles. The van der Waals surface area contributed by atoms with Gasteiger partial charge in [0.15, 0.2) is 0 Å². The molecule has 4 heteroatoms. The number of nitrogens with zero attached hydrogens (tertiary/aromatic N) is 1. The lowest BCUT2D eigenvalue weighted by Crippen LogP contribution is -2.19. The molecule has 0 aromatic carbocycles. The van der Waals surface area contributed by atoms with Crippen LogP contribution in [0.5, 0.6) is 11.6 Å². The molecule has 1 N–H and O–H groups in total. The average molecular weight is 194 g/mol. The number of pyridine rings is 1. The minimum Gasteiger partial charge on any atom is -0.487 e. The molecule has 76 valence electrons. The summed E-state index contributed by atoms with van der Waals surface area (Å²) in [5, 5.41) is 3.25. The minimum atomic E-state index is 0.283. The number of nitrogens with one attached hydrogen (secondary N) is 1. The largest absolute Gasteiger partial charge is 0.487 e. The third-order valence-corrected chi connectivity index (χ3v) is 2.24. The second-order valence-electron chi connectivity index (χ2n) is 3.27. The highest BCUT2D eigenvalue weighted by Crippen LogP contribution is 2.16. The van der Waals surface area contributed by atoms with Gasteiger partial charge < -0.3 is 14.8 Å². The van der Waals surface area contributed by atoms with E-state index in [1.807, 2.05) is 6.07 Å². The topological polar surface area (TPSA) is 43.4 Å². The van der Waals surface area contributed by atoms with Crippen LogP contribution in [-0.4, -0.2) is 31.3 Å². The summed E-state index contributed by atoms with van der Waals surface area (Å²) in [4.78, 5) is 4.07. The van der Waals surface area contributed by atoms with Crippen molar-refractivity contribution < 1.29 is 9.47 Å². The maximum absolute atomic E-state index is 5.69. The minimum absolute atomic E-state index is 0.283. The molecule has 2 heterocycles. The van der Waals surface area contributed by atoms with E-state index < -0.39 is 0 Å². The Bertz CT molecular complexity index is 281. The van der Waals surface area contributed by atoms with Gasteiger partial charge in [-0.25, -0.2) is 4.98 Å². The Kier molecular flexibility index (Phi) is 2.84. The standard InChI is InChI=1S/C10H14N2O2/c1-13-10-3-2-8(7-12-10)14-9-4-5-11-6-9/h2-3,7,9,11H,4-6H2,1H3. The zero-order chi connectivity index (χ0) is 9.80. The van der Waals surface area contributed by atoms with E-state index in [0.717, 1.165) is 25.3 Å². The van der Waals surface area contributed by atoms with Crippen molar-refractivity contribution in [3.8, 4) is 11.6 Å². The third-order valence-electron chi connectivity index (χ3n) is 2.24. The lowest BCUT2D eigenvalue weighted by molar-refractivity contribution is 0.221. The van der Waals surface area contributed by atoms with Gasteiger partial charge in [-0.05, 0) is 19.0 Å². The van der Waals surface area contributed by atoms with Crippen LogP contribution >= 0.6 is 0 Å². The predicted molar refractivity (Wildman–Crippen MR) is 52.7 cm³/mol. The first kappa shape index (κ1) is 9.27. The number of hydrogen-bond donors (Lipinski definition) is 1. The molecular formula is C10H14N2O2. The normalized spacial score (nSPS) is 20.8. The molecule has 0 bridgehead atoms. The quantitative estimate of drug-likeness (QED) is 0.774. The van der Waals surface area contributed by atoms with Gasteiger partial charge in [0.25, 0.3) is 0 Å². The van der Waals surface area contributed by atoms with Crippen molar-refractivity contribution in [2.75, 3.05) is 20.2 Å². The first-order valence-electron chi connectivity index (χ1n) is 4.76. The van der Waals surface area contributed by atoms with Crippen LogP contribution < -0.4 is 14.8 Å². The molecular weight excluding hydrogens is 180 g/mol. The number of ether oxygens (including phenoxy) is 2. The molecule has 1 unspecified atom stereocenters. The molecule has 0 amide bonds. The molecule has 2 rings (SSSR count). The molecule has 14 heavy (non-hydrogen) atoms. The van der Waals surface area contributed by atoms with Gasteiger partial charge in [0.1, 0.15) is 11.9 Å². The fourth-order valence-corrected chi connectivity index (χ4v) is 1.48. The SMILES string of the molecule is COc1ccc(OC2CCNC2)cn1. The molecule has 0 saturated carbocycles. The summed E-state index contributed by atoms with van der Waals surface area (Å²) in [6, 6.07) is 3.68. The van der Waals surface area contributed by atoms with Crippen LogP contribution in [0, 0.1) is 0 Å². The third kappa shape index (κ3) is 2.14. The zero-order valence-electron chi connectivity index (χ0n) is 8.19. The van der Waals surface area contributed by atoms with Crippen LogP contribution in [0.4, 0.5) is 0 Å². The van der Waals surface area contributed by atoms with Crippen LogP contribution in [0.15, 0.2) is 18.3 Å². The molecule has 0 spiro atoms. The van der Waals surface area contributed by atoms with Crippen molar-refractivity contribution >= 4 is 0 Å². The summed E-state index contributed by atoms with van der Waals surface area (Å²) in [6.07, 6.45) is 3.04. The Morgan fingerprint density at radius 3 is 3.00 bits per heavy atom. The highest BCUT2D eigenvalue weighted by molar-refractivity contribution is 5.23. The van der Waals surface area contributed by atoms with Crippen molar-refractivity contribution in [1.82, 2.24) is 10.3 Å². The van der Waals surface area contributed by atoms with Crippen molar-refractivity contribution in [1.29, 1.82) is 0 Å². The molecule has 0 aliphatic carbocycles. The van der Waals surface area contributed by atoms with Gasteiger partial charge in [0.05, 0.1) is 13.3 Å². The highest BCUT2D eigenvalue weighted by atomic mass is 16.5. The number of hydrogen-bond acceptors (Lipinski definition) is 4. The van der Waals surface area contributed by atoms with Crippen molar-refractivity contribution in [3.63, 3.8) is 0 Å². The predicted octanol–water partition coefficient (Wildman–Crippen LogP) is 0.831. The second-order valence-corrected chi connectivity index (χ2v) is 3.27. The van der Waals surface area contributed by atoms with E-state index in [1.165, 1.54) is 0 Å². The van der Waals surface area contributed by atoms with E-state index in [4.69, 9.17) is 9.47 Å². The van der Waals surface area contributed by atoms with Gasteiger partial charge in [-0.1, -0.05) is 0 Å². The van der Waals surface area contributed by atoms with Crippen molar-refractivity contribution in [3.05, 3.63) is 18.3 Å². The second kappa shape index (κ2) is 4.28. The summed E-state index contributed by atoms with van der Waals surface area (Å²) in [6.45, 7) is 1.96. The van der Waals surface area contributed by atoms with E-state index in [0.29, 0.717) is 5.88 Å².